The highest BCUT2D eigenvalue weighted by Gasteiger charge is 2.11. The molecule has 0 aromatic heterocycles. The smallest absolute Gasteiger partial charge is 0.249 e. The summed E-state index contributed by atoms with van der Waals surface area (Å²) in [5.74, 6) is -0.377. The van der Waals surface area contributed by atoms with Crippen molar-refractivity contribution in [1.82, 2.24) is 0 Å². The molecule has 0 atom stereocenters. The van der Waals surface area contributed by atoms with Crippen molar-refractivity contribution >= 4 is 39.9 Å². The van der Waals surface area contributed by atoms with E-state index in [-0.39, 0.29) is 18.3 Å². The molecule has 2 nitrogen and oxygen atoms in total. The first-order valence-electron chi connectivity index (χ1n) is 5.47. The lowest BCUT2D eigenvalue weighted by atomic mass is 9.96. The van der Waals surface area contributed by atoms with Crippen LogP contribution >= 0.6 is 12.4 Å². The van der Waals surface area contributed by atoms with E-state index in [0.717, 1.165) is 21.5 Å². The summed E-state index contributed by atoms with van der Waals surface area (Å²) in [6.07, 6.45) is 0. The Labute approximate surface area is 111 Å². The molecular formula is C15H12ClNO. The molecule has 2 N–H and O–H groups in total. The van der Waals surface area contributed by atoms with Gasteiger partial charge in [0.2, 0.25) is 5.91 Å². The number of halogens is 1. The Balaban J connectivity index is 0.00000120. The van der Waals surface area contributed by atoms with E-state index in [9.17, 15) is 4.79 Å². The second-order valence-corrected chi connectivity index (χ2v) is 4.06. The Morgan fingerprint density at radius 2 is 1.28 bits per heavy atom. The zero-order valence-corrected chi connectivity index (χ0v) is 10.4. The molecule has 0 aliphatic rings. The fourth-order valence-corrected chi connectivity index (χ4v) is 2.28. The molecule has 3 heteroatoms. The molecule has 0 heterocycles. The number of amides is 1. The van der Waals surface area contributed by atoms with E-state index >= 15 is 0 Å². The minimum Gasteiger partial charge on any atom is -0.366 e. The van der Waals surface area contributed by atoms with Gasteiger partial charge in [0.05, 0.1) is 5.56 Å². The van der Waals surface area contributed by atoms with Crippen LogP contribution < -0.4 is 5.73 Å². The van der Waals surface area contributed by atoms with E-state index < -0.39 is 0 Å². The third-order valence-electron chi connectivity index (χ3n) is 3.02. The summed E-state index contributed by atoms with van der Waals surface area (Å²) in [5.41, 5.74) is 6.12. The van der Waals surface area contributed by atoms with Crippen molar-refractivity contribution in [3.8, 4) is 0 Å². The molecule has 3 aromatic rings. The molecule has 0 unspecified atom stereocenters. The molecule has 0 fully saturated rings. The lowest BCUT2D eigenvalue weighted by molar-refractivity contribution is 0.100. The predicted molar refractivity (Wildman–Crippen MR) is 77.2 cm³/mol. The number of carbonyl (C=O) groups is 1. The molecule has 0 saturated heterocycles. The van der Waals surface area contributed by atoms with E-state index in [0.29, 0.717) is 5.56 Å². The van der Waals surface area contributed by atoms with Gasteiger partial charge < -0.3 is 5.73 Å². The zero-order valence-electron chi connectivity index (χ0n) is 9.59. The van der Waals surface area contributed by atoms with Gasteiger partial charge in [-0.1, -0.05) is 48.5 Å². The van der Waals surface area contributed by atoms with E-state index in [1.54, 1.807) is 0 Å². The number of hydrogen-bond donors (Lipinski definition) is 1. The number of benzene rings is 3. The second kappa shape index (κ2) is 4.67. The highest BCUT2D eigenvalue weighted by molar-refractivity contribution is 6.17. The van der Waals surface area contributed by atoms with Crippen molar-refractivity contribution in [2.24, 2.45) is 5.73 Å². The van der Waals surface area contributed by atoms with Crippen LogP contribution in [0.1, 0.15) is 10.4 Å². The molecule has 0 aliphatic carbocycles. The van der Waals surface area contributed by atoms with Gasteiger partial charge in [-0.25, -0.2) is 0 Å². The largest absolute Gasteiger partial charge is 0.366 e. The molecule has 0 aliphatic heterocycles. The molecule has 3 aromatic carbocycles. The third-order valence-corrected chi connectivity index (χ3v) is 3.02. The lowest BCUT2D eigenvalue weighted by Crippen LogP contribution is -2.12. The van der Waals surface area contributed by atoms with Crippen molar-refractivity contribution in [2.75, 3.05) is 0 Å². The summed E-state index contributed by atoms with van der Waals surface area (Å²) >= 11 is 0. The first-order valence-corrected chi connectivity index (χ1v) is 5.47. The minimum absolute atomic E-state index is 0. The van der Waals surface area contributed by atoms with Gasteiger partial charge in [-0.2, -0.15) is 0 Å². The number of hydrogen-bond acceptors (Lipinski definition) is 1. The molecular weight excluding hydrogens is 246 g/mol. The summed E-state index contributed by atoms with van der Waals surface area (Å²) in [7, 11) is 0. The average molecular weight is 258 g/mol. The zero-order chi connectivity index (χ0) is 11.8. The monoisotopic (exact) mass is 257 g/mol. The first-order chi connectivity index (χ1) is 8.27. The van der Waals surface area contributed by atoms with Crippen LogP contribution in [-0.4, -0.2) is 5.91 Å². The lowest BCUT2D eigenvalue weighted by Gasteiger charge is -2.08. The maximum Gasteiger partial charge on any atom is 0.249 e. The van der Waals surface area contributed by atoms with Crippen LogP contribution in [0.3, 0.4) is 0 Å². The van der Waals surface area contributed by atoms with Crippen LogP contribution in [-0.2, 0) is 0 Å². The van der Waals surface area contributed by atoms with E-state index in [2.05, 4.69) is 6.07 Å². The highest BCUT2D eigenvalue weighted by Crippen LogP contribution is 2.27. The van der Waals surface area contributed by atoms with E-state index in [1.165, 1.54) is 0 Å². The molecule has 1 amide bonds. The summed E-state index contributed by atoms with van der Waals surface area (Å²) in [6, 6.07) is 17.7. The van der Waals surface area contributed by atoms with E-state index in [4.69, 9.17) is 5.73 Å². The Hall–Kier alpha value is -2.06. The Bertz CT molecular complexity index is 683. The maximum absolute atomic E-state index is 11.7. The number of nitrogens with two attached hydrogens (primary N) is 1. The Kier molecular flexibility index (Phi) is 3.21. The van der Waals surface area contributed by atoms with Gasteiger partial charge in [0.1, 0.15) is 0 Å². The normalized spacial score (nSPS) is 10.2. The van der Waals surface area contributed by atoms with E-state index in [1.807, 2.05) is 48.5 Å². The number of fused-ring (bicyclic) bond motifs is 2. The van der Waals surface area contributed by atoms with Gasteiger partial charge in [-0.3, -0.25) is 4.79 Å². The van der Waals surface area contributed by atoms with Crippen LogP contribution in [0.15, 0.2) is 54.6 Å². The van der Waals surface area contributed by atoms with Gasteiger partial charge in [-0.15, -0.1) is 12.4 Å². The molecule has 3 rings (SSSR count). The molecule has 0 spiro atoms. The maximum atomic E-state index is 11.7. The molecule has 0 bridgehead atoms. The molecule has 90 valence electrons. The SMILES string of the molecule is Cl.NC(=O)c1c2ccccc2cc2ccccc12. The topological polar surface area (TPSA) is 43.1 Å². The minimum atomic E-state index is -0.377. The molecule has 0 radical (unpaired) electrons. The second-order valence-electron chi connectivity index (χ2n) is 4.06. The fourth-order valence-electron chi connectivity index (χ4n) is 2.28. The third kappa shape index (κ3) is 1.81. The van der Waals surface area contributed by atoms with Gasteiger partial charge >= 0.3 is 0 Å². The van der Waals surface area contributed by atoms with Crippen LogP contribution in [0.4, 0.5) is 0 Å². The van der Waals surface area contributed by atoms with Crippen molar-refractivity contribution in [3.05, 3.63) is 60.2 Å². The predicted octanol–water partition coefficient (Wildman–Crippen LogP) is 3.51. The van der Waals surface area contributed by atoms with Gasteiger partial charge in [0.15, 0.2) is 0 Å². The van der Waals surface area contributed by atoms with Crippen molar-refractivity contribution in [1.29, 1.82) is 0 Å². The van der Waals surface area contributed by atoms with Crippen LogP contribution in [0.5, 0.6) is 0 Å². The first kappa shape index (κ1) is 12.4. The summed E-state index contributed by atoms with van der Waals surface area (Å²) in [5, 5.41) is 3.91. The quantitative estimate of drug-likeness (QED) is 0.666. The van der Waals surface area contributed by atoms with Crippen LogP contribution in [0.2, 0.25) is 0 Å². The number of rotatable bonds is 1. The van der Waals surface area contributed by atoms with Gasteiger partial charge in [0, 0.05) is 0 Å². The fraction of sp³-hybridized carbons (Fsp3) is 0. The summed E-state index contributed by atoms with van der Waals surface area (Å²) < 4.78 is 0. The van der Waals surface area contributed by atoms with Gasteiger partial charge in [-0.05, 0) is 27.6 Å². The van der Waals surface area contributed by atoms with Crippen molar-refractivity contribution in [3.63, 3.8) is 0 Å². The summed E-state index contributed by atoms with van der Waals surface area (Å²) in [4.78, 5) is 11.7. The van der Waals surface area contributed by atoms with Crippen LogP contribution in [0.25, 0.3) is 21.5 Å². The van der Waals surface area contributed by atoms with Crippen LogP contribution in [0, 0.1) is 0 Å². The molecule has 18 heavy (non-hydrogen) atoms. The van der Waals surface area contributed by atoms with Crippen molar-refractivity contribution < 1.29 is 4.79 Å². The summed E-state index contributed by atoms with van der Waals surface area (Å²) in [6.45, 7) is 0. The van der Waals surface area contributed by atoms with Gasteiger partial charge in [0.25, 0.3) is 0 Å². The standard InChI is InChI=1S/C15H11NO.ClH/c16-15(17)14-12-7-3-1-5-10(12)9-11-6-2-4-8-13(11)14;/h1-9H,(H2,16,17);1H. The van der Waals surface area contributed by atoms with Crippen molar-refractivity contribution in [2.45, 2.75) is 0 Å². The Morgan fingerprint density at radius 1 is 0.833 bits per heavy atom. The molecule has 0 saturated carbocycles. The Morgan fingerprint density at radius 3 is 1.72 bits per heavy atom. The highest BCUT2D eigenvalue weighted by atomic mass is 35.5. The number of carbonyl (C=O) groups excluding carboxylic acids is 1. The average Bonchev–Trinajstić information content (AvgIpc) is 2.35. The number of primary amides is 1.